The second-order valence-corrected chi connectivity index (χ2v) is 7.84. The Kier molecular flexibility index (Phi) is 6.51. The van der Waals surface area contributed by atoms with Gasteiger partial charge in [0.05, 0.1) is 18.0 Å². The van der Waals surface area contributed by atoms with Gasteiger partial charge < -0.3 is 15.4 Å². The van der Waals surface area contributed by atoms with Gasteiger partial charge in [0.1, 0.15) is 6.23 Å². The van der Waals surface area contributed by atoms with Crippen molar-refractivity contribution in [2.75, 3.05) is 19.7 Å². The van der Waals surface area contributed by atoms with Crippen molar-refractivity contribution in [2.45, 2.75) is 37.4 Å². The van der Waals surface area contributed by atoms with Gasteiger partial charge in [-0.15, -0.1) is 0 Å². The summed E-state index contributed by atoms with van der Waals surface area (Å²) in [5.74, 6) is -1.58. The van der Waals surface area contributed by atoms with Crippen LogP contribution < -0.4 is 10.6 Å². The molecule has 1 aliphatic rings. The second kappa shape index (κ2) is 8.41. The lowest BCUT2D eigenvalue weighted by atomic mass is 10.3. The normalized spacial score (nSPS) is 18.8. The number of rotatable bonds is 5. The van der Waals surface area contributed by atoms with E-state index in [1.54, 1.807) is 32.0 Å². The van der Waals surface area contributed by atoms with Crippen molar-refractivity contribution in [3.63, 3.8) is 0 Å². The molecule has 0 aliphatic carbocycles. The Morgan fingerprint density at radius 3 is 2.56 bits per heavy atom. The van der Waals surface area contributed by atoms with Crippen molar-refractivity contribution in [2.24, 2.45) is 0 Å². The molecule has 1 aromatic rings. The lowest BCUT2D eigenvalue weighted by Crippen LogP contribution is -2.53. The Labute approximate surface area is 147 Å². The molecule has 0 unspecified atom stereocenters. The van der Waals surface area contributed by atoms with Gasteiger partial charge in [0, 0.05) is 12.6 Å². The van der Waals surface area contributed by atoms with Crippen molar-refractivity contribution >= 4 is 21.8 Å². The van der Waals surface area contributed by atoms with E-state index in [0.29, 0.717) is 13.0 Å². The maximum absolute atomic E-state index is 12.8. The summed E-state index contributed by atoms with van der Waals surface area (Å²) < 4.78 is 32.3. The van der Waals surface area contributed by atoms with Gasteiger partial charge in [0.2, 0.25) is 10.0 Å². The fraction of sp³-hybridized carbons (Fsp3) is 0.500. The van der Waals surface area contributed by atoms with Gasteiger partial charge in [-0.2, -0.15) is 4.31 Å². The molecule has 2 N–H and O–H groups in total. The highest BCUT2D eigenvalue weighted by Gasteiger charge is 2.34. The van der Waals surface area contributed by atoms with Gasteiger partial charge in [0.15, 0.2) is 0 Å². The van der Waals surface area contributed by atoms with Crippen LogP contribution in [0.2, 0.25) is 0 Å². The topological polar surface area (TPSA) is 105 Å². The fourth-order valence-corrected chi connectivity index (χ4v) is 4.00. The summed E-state index contributed by atoms with van der Waals surface area (Å²) >= 11 is 0. The molecule has 1 fully saturated rings. The maximum atomic E-state index is 12.8. The van der Waals surface area contributed by atoms with Crippen LogP contribution in [0.1, 0.15) is 20.3 Å². The van der Waals surface area contributed by atoms with Crippen LogP contribution in [0.4, 0.5) is 0 Å². The van der Waals surface area contributed by atoms with E-state index in [1.807, 2.05) is 0 Å². The van der Waals surface area contributed by atoms with Crippen molar-refractivity contribution in [1.29, 1.82) is 0 Å². The first-order valence-corrected chi connectivity index (χ1v) is 9.53. The molecule has 1 aliphatic heterocycles. The molecule has 8 nitrogen and oxygen atoms in total. The van der Waals surface area contributed by atoms with Gasteiger partial charge in [-0.25, -0.2) is 8.42 Å². The minimum Gasteiger partial charge on any atom is -0.360 e. The van der Waals surface area contributed by atoms with Crippen LogP contribution >= 0.6 is 0 Å². The Bertz CT molecular complexity index is 706. The molecule has 1 atom stereocenters. The summed E-state index contributed by atoms with van der Waals surface area (Å²) in [6.45, 7) is 4.05. The quantitative estimate of drug-likeness (QED) is 0.715. The SMILES string of the molecule is CC(C)NC(=O)C(=O)NC[C@@H]1OCCCN1S(=O)(=O)c1ccccc1. The number of hydrogen-bond donors (Lipinski definition) is 2. The number of carbonyl (C=O) groups is 2. The summed E-state index contributed by atoms with van der Waals surface area (Å²) in [4.78, 5) is 23.6. The summed E-state index contributed by atoms with van der Waals surface area (Å²) in [7, 11) is -3.74. The summed E-state index contributed by atoms with van der Waals surface area (Å²) in [6, 6.07) is 7.87. The molecule has 2 rings (SSSR count). The van der Waals surface area contributed by atoms with E-state index < -0.39 is 28.1 Å². The first-order valence-electron chi connectivity index (χ1n) is 8.09. The summed E-state index contributed by atoms with van der Waals surface area (Å²) in [5, 5.41) is 4.90. The molecule has 2 amide bonds. The largest absolute Gasteiger partial charge is 0.360 e. The summed E-state index contributed by atoms with van der Waals surface area (Å²) in [5.41, 5.74) is 0. The number of nitrogens with one attached hydrogen (secondary N) is 2. The second-order valence-electron chi connectivity index (χ2n) is 5.95. The lowest BCUT2D eigenvalue weighted by Gasteiger charge is -2.34. The number of nitrogens with zero attached hydrogens (tertiary/aromatic N) is 1. The van der Waals surface area contributed by atoms with E-state index in [-0.39, 0.29) is 24.0 Å². The minimum absolute atomic E-state index is 0.101. The predicted molar refractivity (Wildman–Crippen MR) is 91.0 cm³/mol. The van der Waals surface area contributed by atoms with Crippen LogP contribution in [0.25, 0.3) is 0 Å². The smallest absolute Gasteiger partial charge is 0.309 e. The molecular formula is C16H23N3O5S. The maximum Gasteiger partial charge on any atom is 0.309 e. The van der Waals surface area contributed by atoms with Gasteiger partial charge in [0.25, 0.3) is 0 Å². The summed E-state index contributed by atoms with van der Waals surface area (Å²) in [6.07, 6.45) is -0.292. The molecule has 138 valence electrons. The van der Waals surface area contributed by atoms with E-state index in [4.69, 9.17) is 4.74 Å². The third-order valence-electron chi connectivity index (χ3n) is 3.57. The highest BCUT2D eigenvalue weighted by Crippen LogP contribution is 2.21. The van der Waals surface area contributed by atoms with E-state index in [1.165, 1.54) is 16.4 Å². The van der Waals surface area contributed by atoms with Crippen LogP contribution in [0.3, 0.4) is 0 Å². The molecular weight excluding hydrogens is 346 g/mol. The van der Waals surface area contributed by atoms with Gasteiger partial charge in [-0.05, 0) is 32.4 Å². The average Bonchev–Trinajstić information content (AvgIpc) is 2.60. The molecule has 1 aromatic carbocycles. The van der Waals surface area contributed by atoms with E-state index >= 15 is 0 Å². The third kappa shape index (κ3) is 5.00. The molecule has 0 saturated carbocycles. The Morgan fingerprint density at radius 2 is 1.92 bits per heavy atom. The third-order valence-corrected chi connectivity index (χ3v) is 5.47. The van der Waals surface area contributed by atoms with Crippen molar-refractivity contribution in [3.05, 3.63) is 30.3 Å². The van der Waals surface area contributed by atoms with Crippen molar-refractivity contribution < 1.29 is 22.7 Å². The van der Waals surface area contributed by atoms with Crippen LogP contribution in [-0.4, -0.2) is 56.5 Å². The Hall–Kier alpha value is -1.97. The zero-order valence-corrected chi connectivity index (χ0v) is 15.1. The molecule has 0 aromatic heterocycles. The van der Waals surface area contributed by atoms with Gasteiger partial charge >= 0.3 is 11.8 Å². The fourth-order valence-electron chi connectivity index (χ4n) is 2.42. The highest BCUT2D eigenvalue weighted by molar-refractivity contribution is 7.89. The Morgan fingerprint density at radius 1 is 1.24 bits per heavy atom. The van der Waals surface area contributed by atoms with Crippen molar-refractivity contribution in [1.82, 2.24) is 14.9 Å². The minimum atomic E-state index is -3.74. The lowest BCUT2D eigenvalue weighted by molar-refractivity contribution is -0.140. The number of ether oxygens (including phenoxy) is 1. The average molecular weight is 369 g/mol. The molecule has 25 heavy (non-hydrogen) atoms. The number of amides is 2. The zero-order chi connectivity index (χ0) is 18.4. The number of sulfonamides is 1. The van der Waals surface area contributed by atoms with E-state index in [0.717, 1.165) is 0 Å². The number of hydrogen-bond acceptors (Lipinski definition) is 5. The van der Waals surface area contributed by atoms with Gasteiger partial charge in [-0.3, -0.25) is 9.59 Å². The highest BCUT2D eigenvalue weighted by atomic mass is 32.2. The standard InChI is InChI=1S/C16H23N3O5S/c1-12(2)18-16(21)15(20)17-11-14-19(9-6-10-24-14)25(22,23)13-7-4-3-5-8-13/h3-5,7-8,12,14H,6,9-11H2,1-2H3,(H,17,20)(H,18,21)/t14-/m0/s1. The number of carbonyl (C=O) groups excluding carboxylic acids is 2. The number of benzene rings is 1. The molecule has 0 bridgehead atoms. The van der Waals surface area contributed by atoms with Crippen molar-refractivity contribution in [3.8, 4) is 0 Å². The molecule has 0 radical (unpaired) electrons. The zero-order valence-electron chi connectivity index (χ0n) is 14.3. The molecule has 1 saturated heterocycles. The van der Waals surface area contributed by atoms with Crippen LogP contribution in [-0.2, 0) is 24.3 Å². The predicted octanol–water partition coefficient (Wildman–Crippen LogP) is 0.0645. The van der Waals surface area contributed by atoms with E-state index in [9.17, 15) is 18.0 Å². The first-order chi connectivity index (χ1) is 11.8. The van der Waals surface area contributed by atoms with Crippen LogP contribution in [0.5, 0.6) is 0 Å². The molecule has 1 heterocycles. The first kappa shape index (κ1) is 19.4. The Balaban J connectivity index is 2.06. The molecule has 0 spiro atoms. The molecule has 9 heteroatoms. The van der Waals surface area contributed by atoms with Crippen LogP contribution in [0.15, 0.2) is 35.2 Å². The van der Waals surface area contributed by atoms with Crippen LogP contribution in [0, 0.1) is 0 Å². The van der Waals surface area contributed by atoms with E-state index in [2.05, 4.69) is 10.6 Å². The monoisotopic (exact) mass is 369 g/mol. The van der Waals surface area contributed by atoms with Gasteiger partial charge in [-0.1, -0.05) is 18.2 Å².